The van der Waals surface area contributed by atoms with E-state index in [2.05, 4.69) is 10.3 Å². The molecule has 1 amide bonds. The number of carbonyl (C=O) groups excluding carboxylic acids is 1. The third-order valence-corrected chi connectivity index (χ3v) is 6.13. The van der Waals surface area contributed by atoms with Gasteiger partial charge in [-0.2, -0.15) is 0 Å². The molecule has 134 valence electrons. The molecular weight excluding hydrogens is 343 g/mol. The van der Waals surface area contributed by atoms with Gasteiger partial charge in [0, 0.05) is 5.56 Å². The molecule has 0 unspecified atom stereocenters. The Hall–Kier alpha value is -2.25. The molecule has 7 heteroatoms. The van der Waals surface area contributed by atoms with E-state index in [-0.39, 0.29) is 10.5 Å². The summed E-state index contributed by atoms with van der Waals surface area (Å²) >= 11 is 0. The first-order valence-corrected chi connectivity index (χ1v) is 9.19. The van der Waals surface area contributed by atoms with Crippen LogP contribution in [0.25, 0.3) is 0 Å². The van der Waals surface area contributed by atoms with Crippen molar-refractivity contribution in [2.75, 3.05) is 0 Å². The highest BCUT2D eigenvalue weighted by atomic mass is 32.2. The summed E-state index contributed by atoms with van der Waals surface area (Å²) in [6.07, 6.45) is 0. The molecule has 0 fully saturated rings. The van der Waals surface area contributed by atoms with Crippen LogP contribution < -0.4 is 10.3 Å². The lowest BCUT2D eigenvalue weighted by atomic mass is 9.95. The highest BCUT2D eigenvalue weighted by Crippen LogP contribution is 2.29. The van der Waals surface area contributed by atoms with Crippen LogP contribution in [0, 0.1) is 40.4 Å². The van der Waals surface area contributed by atoms with Gasteiger partial charge in [-0.25, -0.2) is 12.8 Å². The van der Waals surface area contributed by atoms with Crippen LogP contribution in [0.5, 0.6) is 0 Å². The van der Waals surface area contributed by atoms with Gasteiger partial charge in [-0.1, -0.05) is 0 Å². The molecule has 0 spiro atoms. The van der Waals surface area contributed by atoms with Crippen LogP contribution in [0.15, 0.2) is 29.2 Å². The standard InChI is InChI=1S/C18H21FN2O3S/c1-10-11(2)13(4)17(14(5)12(10)3)25(23,24)21-20-18(22)15-6-8-16(19)9-7-15/h6-9,21H,1-5H3,(H,20,22). The van der Waals surface area contributed by atoms with Crippen LogP contribution >= 0.6 is 0 Å². The Kier molecular flexibility index (Phi) is 5.29. The van der Waals surface area contributed by atoms with E-state index in [0.29, 0.717) is 11.1 Å². The maximum atomic E-state index is 12.9. The maximum absolute atomic E-state index is 12.9. The average molecular weight is 364 g/mol. The molecule has 25 heavy (non-hydrogen) atoms. The van der Waals surface area contributed by atoms with Crippen molar-refractivity contribution in [2.24, 2.45) is 0 Å². The zero-order valence-electron chi connectivity index (χ0n) is 14.8. The van der Waals surface area contributed by atoms with E-state index in [1.165, 1.54) is 12.1 Å². The largest absolute Gasteiger partial charge is 0.273 e. The molecule has 0 atom stereocenters. The number of benzene rings is 2. The van der Waals surface area contributed by atoms with E-state index in [1.807, 2.05) is 20.8 Å². The second-order valence-electron chi connectivity index (χ2n) is 6.02. The summed E-state index contributed by atoms with van der Waals surface area (Å²) in [5.74, 6) is -1.14. The van der Waals surface area contributed by atoms with Crippen molar-refractivity contribution < 1.29 is 17.6 Å². The monoisotopic (exact) mass is 364 g/mol. The lowest BCUT2D eigenvalue weighted by Crippen LogP contribution is -2.42. The van der Waals surface area contributed by atoms with E-state index in [4.69, 9.17) is 0 Å². The van der Waals surface area contributed by atoms with E-state index >= 15 is 0 Å². The molecule has 0 heterocycles. The third-order valence-electron chi connectivity index (χ3n) is 4.61. The van der Waals surface area contributed by atoms with Crippen LogP contribution in [0.3, 0.4) is 0 Å². The minimum absolute atomic E-state index is 0.147. The molecule has 0 bridgehead atoms. The van der Waals surface area contributed by atoms with Crippen molar-refractivity contribution in [3.05, 3.63) is 63.5 Å². The highest BCUT2D eigenvalue weighted by Gasteiger charge is 2.24. The molecule has 0 saturated carbocycles. The lowest BCUT2D eigenvalue weighted by Gasteiger charge is -2.19. The van der Waals surface area contributed by atoms with Gasteiger partial charge < -0.3 is 0 Å². The van der Waals surface area contributed by atoms with Crippen molar-refractivity contribution in [1.82, 2.24) is 10.3 Å². The van der Waals surface area contributed by atoms with Gasteiger partial charge in [0.05, 0.1) is 4.90 Å². The van der Waals surface area contributed by atoms with Gasteiger partial charge in [-0.3, -0.25) is 10.2 Å². The zero-order valence-corrected chi connectivity index (χ0v) is 15.6. The number of hydrazine groups is 1. The maximum Gasteiger partial charge on any atom is 0.266 e. The summed E-state index contributed by atoms with van der Waals surface area (Å²) in [5, 5.41) is 0. The van der Waals surface area contributed by atoms with Gasteiger partial charge in [0.25, 0.3) is 15.9 Å². The topological polar surface area (TPSA) is 75.3 Å². The number of halogens is 1. The summed E-state index contributed by atoms with van der Waals surface area (Å²) in [4.78, 5) is 14.3. The second kappa shape index (κ2) is 6.93. The van der Waals surface area contributed by atoms with E-state index < -0.39 is 21.7 Å². The van der Waals surface area contributed by atoms with Gasteiger partial charge in [-0.15, -0.1) is 4.83 Å². The predicted molar refractivity (Wildman–Crippen MR) is 94.3 cm³/mol. The second-order valence-corrected chi connectivity index (χ2v) is 7.64. The Labute approximate surface area is 147 Å². The molecule has 2 aromatic rings. The Morgan fingerprint density at radius 3 is 1.76 bits per heavy atom. The highest BCUT2D eigenvalue weighted by molar-refractivity contribution is 7.89. The van der Waals surface area contributed by atoms with Gasteiger partial charge in [0.1, 0.15) is 5.82 Å². The normalized spacial score (nSPS) is 11.4. The average Bonchev–Trinajstić information content (AvgIpc) is 2.57. The first-order chi connectivity index (χ1) is 11.6. The molecule has 0 radical (unpaired) electrons. The van der Waals surface area contributed by atoms with E-state index in [1.54, 1.807) is 13.8 Å². The van der Waals surface area contributed by atoms with Crippen molar-refractivity contribution in [3.8, 4) is 0 Å². The first kappa shape index (κ1) is 19.1. The van der Waals surface area contributed by atoms with Crippen LogP contribution in [-0.2, 0) is 10.0 Å². The third kappa shape index (κ3) is 3.72. The summed E-state index contributed by atoms with van der Waals surface area (Å²) in [5.41, 5.74) is 6.44. The van der Waals surface area contributed by atoms with E-state index in [0.717, 1.165) is 28.8 Å². The van der Waals surface area contributed by atoms with Crippen molar-refractivity contribution >= 4 is 15.9 Å². The summed E-state index contributed by atoms with van der Waals surface area (Å²) in [7, 11) is -3.95. The first-order valence-electron chi connectivity index (χ1n) is 7.71. The van der Waals surface area contributed by atoms with Crippen LogP contribution in [0.4, 0.5) is 4.39 Å². The number of carbonyl (C=O) groups is 1. The molecule has 0 aliphatic heterocycles. The molecule has 0 aliphatic carbocycles. The fourth-order valence-corrected chi connectivity index (χ4v) is 4.15. The fourth-order valence-electron chi connectivity index (χ4n) is 2.71. The Morgan fingerprint density at radius 1 is 0.840 bits per heavy atom. The van der Waals surface area contributed by atoms with Gasteiger partial charge in [-0.05, 0) is 86.7 Å². The predicted octanol–water partition coefficient (Wildman–Crippen LogP) is 2.99. The summed E-state index contributed by atoms with van der Waals surface area (Å²) in [6, 6.07) is 4.81. The molecule has 0 aliphatic rings. The molecule has 2 N–H and O–H groups in total. The van der Waals surface area contributed by atoms with E-state index in [9.17, 15) is 17.6 Å². The molecule has 5 nitrogen and oxygen atoms in total. The minimum Gasteiger partial charge on any atom is -0.273 e. The quantitative estimate of drug-likeness (QED) is 0.819. The molecule has 2 rings (SSSR count). The number of hydrogen-bond acceptors (Lipinski definition) is 3. The van der Waals surface area contributed by atoms with Gasteiger partial charge in [0.15, 0.2) is 0 Å². The number of nitrogens with one attached hydrogen (secondary N) is 2. The van der Waals surface area contributed by atoms with Crippen molar-refractivity contribution in [3.63, 3.8) is 0 Å². The van der Waals surface area contributed by atoms with Crippen molar-refractivity contribution in [1.29, 1.82) is 0 Å². The van der Waals surface area contributed by atoms with Gasteiger partial charge in [0.2, 0.25) is 0 Å². The minimum atomic E-state index is -3.95. The summed E-state index contributed by atoms with van der Waals surface area (Å²) in [6.45, 7) is 9.17. The molecule has 0 aromatic heterocycles. The van der Waals surface area contributed by atoms with Crippen molar-refractivity contribution in [2.45, 2.75) is 39.5 Å². The fraction of sp³-hybridized carbons (Fsp3) is 0.278. The molecule has 2 aromatic carbocycles. The summed E-state index contributed by atoms with van der Waals surface area (Å²) < 4.78 is 38.3. The van der Waals surface area contributed by atoms with Gasteiger partial charge >= 0.3 is 0 Å². The smallest absolute Gasteiger partial charge is 0.266 e. The SMILES string of the molecule is Cc1c(C)c(C)c(S(=O)(=O)NNC(=O)c2ccc(F)cc2)c(C)c1C. The molecule has 0 saturated heterocycles. The Morgan fingerprint density at radius 2 is 1.28 bits per heavy atom. The van der Waals surface area contributed by atoms with Crippen LogP contribution in [-0.4, -0.2) is 14.3 Å². The number of hydrogen-bond donors (Lipinski definition) is 2. The number of amides is 1. The molecular formula is C18H21FN2O3S. The lowest BCUT2D eigenvalue weighted by molar-refractivity contribution is 0.0945. The number of rotatable bonds is 4. The Bertz CT molecular complexity index is 907. The zero-order chi connectivity index (χ0) is 18.9. The van der Waals surface area contributed by atoms with Crippen LogP contribution in [0.1, 0.15) is 38.2 Å². The van der Waals surface area contributed by atoms with Crippen LogP contribution in [0.2, 0.25) is 0 Å². The Balaban J connectivity index is 2.31. The number of sulfonamides is 1.